The van der Waals surface area contributed by atoms with Crippen LogP contribution in [0, 0.1) is 6.92 Å². The van der Waals surface area contributed by atoms with Gasteiger partial charge in [-0.2, -0.15) is 0 Å². The molecular formula is C23H21N3O. The van der Waals surface area contributed by atoms with Crippen molar-refractivity contribution in [1.29, 1.82) is 0 Å². The smallest absolute Gasteiger partial charge is 0.224 e. The van der Waals surface area contributed by atoms with E-state index in [1.165, 1.54) is 11.1 Å². The molecule has 0 unspecified atom stereocenters. The van der Waals surface area contributed by atoms with Crippen LogP contribution in [0.4, 0.5) is 5.69 Å². The number of carbonyl (C=O) groups excluding carboxylic acids is 1. The second-order valence-corrected chi connectivity index (χ2v) is 6.71. The highest BCUT2D eigenvalue weighted by Crippen LogP contribution is 2.21. The van der Waals surface area contributed by atoms with Gasteiger partial charge in [0, 0.05) is 30.1 Å². The minimum atomic E-state index is 0.0250. The van der Waals surface area contributed by atoms with Gasteiger partial charge in [-0.1, -0.05) is 48.0 Å². The lowest BCUT2D eigenvalue weighted by atomic mass is 10.1. The molecule has 1 N–H and O–H groups in total. The Balaban J connectivity index is 1.39. The normalized spacial score (nSPS) is 10.9. The van der Waals surface area contributed by atoms with Gasteiger partial charge in [-0.15, -0.1) is 0 Å². The molecule has 0 aliphatic heterocycles. The number of rotatable bonds is 5. The molecule has 0 aliphatic carbocycles. The minimum Gasteiger partial charge on any atom is -0.326 e. The molecule has 0 bridgehead atoms. The first kappa shape index (κ1) is 17.0. The Labute approximate surface area is 158 Å². The average Bonchev–Trinajstić information content (AvgIpc) is 3.11. The average molecular weight is 355 g/mol. The number of hydrogen-bond donors (Lipinski definition) is 1. The quantitative estimate of drug-likeness (QED) is 0.554. The van der Waals surface area contributed by atoms with Crippen LogP contribution in [-0.2, 0) is 11.2 Å². The van der Waals surface area contributed by atoms with Gasteiger partial charge in [0.2, 0.25) is 5.91 Å². The summed E-state index contributed by atoms with van der Waals surface area (Å²) in [6.45, 7) is 2.06. The van der Waals surface area contributed by atoms with E-state index in [9.17, 15) is 4.79 Å². The zero-order chi connectivity index (χ0) is 18.6. The second-order valence-electron chi connectivity index (χ2n) is 6.71. The van der Waals surface area contributed by atoms with Gasteiger partial charge in [-0.05, 0) is 43.2 Å². The summed E-state index contributed by atoms with van der Waals surface area (Å²) in [5, 5.41) is 2.97. The number of imidazole rings is 1. The maximum absolute atomic E-state index is 12.2. The van der Waals surface area contributed by atoms with Crippen molar-refractivity contribution in [2.75, 3.05) is 5.32 Å². The molecule has 4 rings (SSSR count). The maximum Gasteiger partial charge on any atom is 0.224 e. The first-order valence-corrected chi connectivity index (χ1v) is 9.07. The van der Waals surface area contributed by atoms with E-state index in [0.29, 0.717) is 6.42 Å². The predicted molar refractivity (Wildman–Crippen MR) is 109 cm³/mol. The zero-order valence-electron chi connectivity index (χ0n) is 15.2. The SMILES string of the molecule is Cc1cccc(CCC(=O)Nc2ccc(-c3cn4ccccc4n3)cc2)c1. The number of fused-ring (bicyclic) bond motifs is 1. The summed E-state index contributed by atoms with van der Waals surface area (Å²) in [5.41, 5.74) is 6.07. The van der Waals surface area contributed by atoms with Crippen molar-refractivity contribution in [3.63, 3.8) is 0 Å². The Morgan fingerprint density at radius 3 is 2.67 bits per heavy atom. The number of benzene rings is 2. The summed E-state index contributed by atoms with van der Waals surface area (Å²) < 4.78 is 2.00. The highest BCUT2D eigenvalue weighted by atomic mass is 16.1. The van der Waals surface area contributed by atoms with Crippen LogP contribution in [0.15, 0.2) is 79.1 Å². The van der Waals surface area contributed by atoms with Crippen LogP contribution < -0.4 is 5.32 Å². The summed E-state index contributed by atoms with van der Waals surface area (Å²) >= 11 is 0. The van der Waals surface area contributed by atoms with Crippen LogP contribution in [0.2, 0.25) is 0 Å². The third kappa shape index (κ3) is 4.06. The lowest BCUT2D eigenvalue weighted by Crippen LogP contribution is -2.12. The Morgan fingerprint density at radius 1 is 1.04 bits per heavy atom. The van der Waals surface area contributed by atoms with Crippen LogP contribution in [-0.4, -0.2) is 15.3 Å². The number of nitrogens with zero attached hydrogens (tertiary/aromatic N) is 2. The summed E-state index contributed by atoms with van der Waals surface area (Å²) in [4.78, 5) is 16.8. The molecule has 2 heterocycles. The van der Waals surface area contributed by atoms with E-state index in [0.717, 1.165) is 29.0 Å². The standard InChI is InChI=1S/C23H21N3O/c1-17-5-4-6-18(15-17)8-13-23(27)24-20-11-9-19(10-12-20)21-16-26-14-3-2-7-22(26)25-21/h2-7,9-12,14-16H,8,13H2,1H3,(H,24,27). The van der Waals surface area contributed by atoms with E-state index in [2.05, 4.69) is 35.4 Å². The third-order valence-electron chi connectivity index (χ3n) is 4.55. The molecule has 4 heteroatoms. The first-order chi connectivity index (χ1) is 13.2. The number of aromatic nitrogens is 2. The molecular weight excluding hydrogens is 334 g/mol. The zero-order valence-corrected chi connectivity index (χ0v) is 15.2. The van der Waals surface area contributed by atoms with Gasteiger partial charge in [0.15, 0.2) is 0 Å². The molecule has 0 fully saturated rings. The summed E-state index contributed by atoms with van der Waals surface area (Å²) in [7, 11) is 0. The number of amides is 1. The molecule has 4 nitrogen and oxygen atoms in total. The van der Waals surface area contributed by atoms with Crippen LogP contribution in [0.25, 0.3) is 16.9 Å². The Kier molecular flexibility index (Phi) is 4.71. The summed E-state index contributed by atoms with van der Waals surface area (Å²) in [6, 6.07) is 22.0. The highest BCUT2D eigenvalue weighted by molar-refractivity contribution is 5.91. The molecule has 0 atom stereocenters. The largest absolute Gasteiger partial charge is 0.326 e. The molecule has 0 spiro atoms. The first-order valence-electron chi connectivity index (χ1n) is 9.07. The van der Waals surface area contributed by atoms with E-state index in [1.807, 2.05) is 65.3 Å². The fraction of sp³-hybridized carbons (Fsp3) is 0.130. The van der Waals surface area contributed by atoms with Gasteiger partial charge in [0.05, 0.1) is 5.69 Å². The number of hydrogen-bond acceptors (Lipinski definition) is 2. The topological polar surface area (TPSA) is 46.4 Å². The van der Waals surface area contributed by atoms with Crippen molar-refractivity contribution in [2.24, 2.45) is 0 Å². The number of anilines is 1. The van der Waals surface area contributed by atoms with E-state index < -0.39 is 0 Å². The van der Waals surface area contributed by atoms with Crippen molar-refractivity contribution in [2.45, 2.75) is 19.8 Å². The van der Waals surface area contributed by atoms with E-state index in [-0.39, 0.29) is 5.91 Å². The van der Waals surface area contributed by atoms with Gasteiger partial charge >= 0.3 is 0 Å². The molecule has 1 amide bonds. The van der Waals surface area contributed by atoms with E-state index >= 15 is 0 Å². The molecule has 134 valence electrons. The lowest BCUT2D eigenvalue weighted by Gasteiger charge is -2.06. The fourth-order valence-electron chi connectivity index (χ4n) is 3.15. The monoisotopic (exact) mass is 355 g/mol. The Bertz CT molecular complexity index is 1050. The molecule has 2 aromatic carbocycles. The van der Waals surface area contributed by atoms with Crippen molar-refractivity contribution in [1.82, 2.24) is 9.38 Å². The number of aryl methyl sites for hydroxylation is 2. The van der Waals surface area contributed by atoms with Crippen molar-refractivity contribution in [3.05, 3.63) is 90.3 Å². The van der Waals surface area contributed by atoms with E-state index in [4.69, 9.17) is 0 Å². The van der Waals surface area contributed by atoms with Crippen molar-refractivity contribution < 1.29 is 4.79 Å². The van der Waals surface area contributed by atoms with Crippen LogP contribution >= 0.6 is 0 Å². The molecule has 27 heavy (non-hydrogen) atoms. The van der Waals surface area contributed by atoms with Gasteiger partial charge in [0.1, 0.15) is 5.65 Å². The fourth-order valence-corrected chi connectivity index (χ4v) is 3.15. The number of carbonyl (C=O) groups is 1. The third-order valence-corrected chi connectivity index (χ3v) is 4.55. The van der Waals surface area contributed by atoms with E-state index in [1.54, 1.807) is 0 Å². The lowest BCUT2D eigenvalue weighted by molar-refractivity contribution is -0.116. The highest BCUT2D eigenvalue weighted by Gasteiger charge is 2.06. The van der Waals surface area contributed by atoms with Gasteiger partial charge in [0.25, 0.3) is 0 Å². The molecule has 0 radical (unpaired) electrons. The van der Waals surface area contributed by atoms with Gasteiger partial charge < -0.3 is 9.72 Å². The Morgan fingerprint density at radius 2 is 1.89 bits per heavy atom. The molecule has 4 aromatic rings. The Hall–Kier alpha value is -3.40. The maximum atomic E-state index is 12.2. The molecule has 2 aromatic heterocycles. The molecule has 0 saturated heterocycles. The van der Waals surface area contributed by atoms with Crippen molar-refractivity contribution in [3.8, 4) is 11.3 Å². The summed E-state index contributed by atoms with van der Waals surface area (Å²) in [5.74, 6) is 0.0250. The van der Waals surface area contributed by atoms with Gasteiger partial charge in [-0.3, -0.25) is 4.79 Å². The number of pyridine rings is 1. The molecule has 0 aliphatic rings. The van der Waals surface area contributed by atoms with Crippen LogP contribution in [0.3, 0.4) is 0 Å². The molecule has 0 saturated carbocycles. The van der Waals surface area contributed by atoms with Crippen LogP contribution in [0.5, 0.6) is 0 Å². The summed E-state index contributed by atoms with van der Waals surface area (Å²) in [6.07, 6.45) is 5.20. The predicted octanol–water partition coefficient (Wildman–Crippen LogP) is 4.88. The minimum absolute atomic E-state index is 0.0250. The van der Waals surface area contributed by atoms with Crippen molar-refractivity contribution >= 4 is 17.2 Å². The van der Waals surface area contributed by atoms with Gasteiger partial charge in [-0.25, -0.2) is 4.98 Å². The second kappa shape index (κ2) is 7.46. The number of nitrogens with one attached hydrogen (secondary N) is 1. The van der Waals surface area contributed by atoms with Crippen LogP contribution in [0.1, 0.15) is 17.5 Å².